The molecule has 1 unspecified atom stereocenters. The van der Waals surface area contributed by atoms with E-state index in [-0.39, 0.29) is 11.9 Å². The van der Waals surface area contributed by atoms with Gasteiger partial charge in [0.05, 0.1) is 11.6 Å². The molecule has 1 heterocycles. The molecule has 1 fully saturated rings. The lowest BCUT2D eigenvalue weighted by Gasteiger charge is -2.33. The van der Waals surface area contributed by atoms with Crippen LogP contribution in [0.2, 0.25) is 0 Å². The number of nitrogens with two attached hydrogens (primary N) is 1. The van der Waals surface area contributed by atoms with Gasteiger partial charge >= 0.3 is 0 Å². The van der Waals surface area contributed by atoms with Gasteiger partial charge in [0.25, 0.3) is 0 Å². The Labute approximate surface area is 113 Å². The lowest BCUT2D eigenvalue weighted by atomic mass is 9.91. The van der Waals surface area contributed by atoms with Crippen molar-refractivity contribution in [1.29, 1.82) is 5.26 Å². The van der Waals surface area contributed by atoms with Gasteiger partial charge in [-0.1, -0.05) is 0 Å². The van der Waals surface area contributed by atoms with Gasteiger partial charge in [-0.05, 0) is 57.0 Å². The number of benzene rings is 1. The van der Waals surface area contributed by atoms with Crippen molar-refractivity contribution >= 4 is 0 Å². The molecule has 0 bridgehead atoms. The molecule has 1 aromatic carbocycles. The van der Waals surface area contributed by atoms with Crippen molar-refractivity contribution in [3.8, 4) is 6.07 Å². The number of hydrogen-bond donors (Lipinski definition) is 1. The molecular weight excluding hydrogens is 241 g/mol. The second kappa shape index (κ2) is 6.14. The van der Waals surface area contributed by atoms with E-state index >= 15 is 0 Å². The fraction of sp³-hybridized carbons (Fsp3) is 0.533. The van der Waals surface area contributed by atoms with Crippen LogP contribution in [0, 0.1) is 23.1 Å². The molecule has 0 aromatic heterocycles. The van der Waals surface area contributed by atoms with Crippen LogP contribution in [0.3, 0.4) is 0 Å². The summed E-state index contributed by atoms with van der Waals surface area (Å²) < 4.78 is 13.7. The van der Waals surface area contributed by atoms with Crippen LogP contribution in [0.25, 0.3) is 0 Å². The first-order valence-corrected chi connectivity index (χ1v) is 6.76. The molecule has 1 aliphatic rings. The summed E-state index contributed by atoms with van der Waals surface area (Å²) in [5.41, 5.74) is 7.04. The molecule has 0 aliphatic carbocycles. The van der Waals surface area contributed by atoms with Gasteiger partial charge in [0.1, 0.15) is 5.82 Å². The van der Waals surface area contributed by atoms with E-state index in [0.717, 1.165) is 25.9 Å². The maximum absolute atomic E-state index is 13.7. The van der Waals surface area contributed by atoms with Gasteiger partial charge in [0.15, 0.2) is 0 Å². The van der Waals surface area contributed by atoms with Crippen molar-refractivity contribution in [1.82, 2.24) is 4.90 Å². The zero-order valence-electron chi connectivity index (χ0n) is 11.3. The molecule has 0 radical (unpaired) electrons. The van der Waals surface area contributed by atoms with Crippen molar-refractivity contribution in [3.05, 3.63) is 35.1 Å². The summed E-state index contributed by atoms with van der Waals surface area (Å²) in [6, 6.07) is 6.83. The Morgan fingerprint density at radius 1 is 1.47 bits per heavy atom. The highest BCUT2D eigenvalue weighted by Gasteiger charge is 2.22. The average molecular weight is 261 g/mol. The molecule has 0 saturated carbocycles. The zero-order chi connectivity index (χ0) is 13.8. The van der Waals surface area contributed by atoms with E-state index in [1.165, 1.54) is 12.1 Å². The molecule has 0 spiro atoms. The van der Waals surface area contributed by atoms with E-state index in [2.05, 4.69) is 17.9 Å². The van der Waals surface area contributed by atoms with E-state index in [9.17, 15) is 4.39 Å². The molecule has 2 N–H and O–H groups in total. The minimum absolute atomic E-state index is 0.228. The highest BCUT2D eigenvalue weighted by Crippen LogP contribution is 2.22. The highest BCUT2D eigenvalue weighted by atomic mass is 19.1. The summed E-state index contributed by atoms with van der Waals surface area (Å²) in [7, 11) is 0. The SMILES string of the molecule is CC(N)C1CCN(Cc2cc(C#N)ccc2F)CC1. The predicted octanol–water partition coefficient (Wildman–Crippen LogP) is 2.26. The summed E-state index contributed by atoms with van der Waals surface area (Å²) in [5.74, 6) is 0.347. The Morgan fingerprint density at radius 3 is 2.74 bits per heavy atom. The zero-order valence-corrected chi connectivity index (χ0v) is 11.3. The predicted molar refractivity (Wildman–Crippen MR) is 72.8 cm³/mol. The Morgan fingerprint density at radius 2 is 2.16 bits per heavy atom. The Hall–Kier alpha value is -1.44. The van der Waals surface area contributed by atoms with Crippen LogP contribution in [0.15, 0.2) is 18.2 Å². The molecule has 1 saturated heterocycles. The first kappa shape index (κ1) is 14.0. The Kier molecular flexibility index (Phi) is 4.52. The van der Waals surface area contributed by atoms with E-state index < -0.39 is 0 Å². The van der Waals surface area contributed by atoms with Gasteiger partial charge in [0, 0.05) is 18.2 Å². The maximum atomic E-state index is 13.7. The van der Waals surface area contributed by atoms with E-state index in [1.807, 2.05) is 0 Å². The molecule has 19 heavy (non-hydrogen) atoms. The standard InChI is InChI=1S/C15H20FN3/c1-11(18)13-4-6-19(7-5-13)10-14-8-12(9-17)2-3-15(14)16/h2-3,8,11,13H,4-7,10,18H2,1H3. The van der Waals surface area contributed by atoms with Crippen LogP contribution < -0.4 is 5.73 Å². The number of halogens is 1. The lowest BCUT2D eigenvalue weighted by Crippen LogP contribution is -2.39. The van der Waals surface area contributed by atoms with Crippen molar-refractivity contribution in [2.45, 2.75) is 32.4 Å². The molecule has 1 atom stereocenters. The second-order valence-electron chi connectivity index (χ2n) is 5.39. The summed E-state index contributed by atoms with van der Waals surface area (Å²) >= 11 is 0. The first-order chi connectivity index (χ1) is 9.10. The monoisotopic (exact) mass is 261 g/mol. The summed E-state index contributed by atoms with van der Waals surface area (Å²) in [4.78, 5) is 2.23. The van der Waals surface area contributed by atoms with Crippen LogP contribution in [-0.2, 0) is 6.54 Å². The highest BCUT2D eigenvalue weighted by molar-refractivity contribution is 5.33. The quantitative estimate of drug-likeness (QED) is 0.908. The minimum Gasteiger partial charge on any atom is -0.328 e. The van der Waals surface area contributed by atoms with E-state index in [0.29, 0.717) is 23.6 Å². The van der Waals surface area contributed by atoms with Gasteiger partial charge < -0.3 is 5.73 Å². The van der Waals surface area contributed by atoms with Crippen molar-refractivity contribution < 1.29 is 4.39 Å². The van der Waals surface area contributed by atoms with Gasteiger partial charge in [-0.2, -0.15) is 5.26 Å². The molecule has 3 nitrogen and oxygen atoms in total. The molecule has 1 aromatic rings. The fourth-order valence-electron chi connectivity index (χ4n) is 2.64. The second-order valence-corrected chi connectivity index (χ2v) is 5.39. The Bertz CT molecular complexity index is 471. The Balaban J connectivity index is 1.98. The van der Waals surface area contributed by atoms with Gasteiger partial charge in [-0.15, -0.1) is 0 Å². The van der Waals surface area contributed by atoms with Crippen molar-refractivity contribution in [2.24, 2.45) is 11.7 Å². The molecular formula is C15H20FN3. The van der Waals surface area contributed by atoms with E-state index in [4.69, 9.17) is 11.0 Å². The van der Waals surface area contributed by atoms with Gasteiger partial charge in [0.2, 0.25) is 0 Å². The third-order valence-corrected chi connectivity index (χ3v) is 3.94. The number of hydrogen-bond acceptors (Lipinski definition) is 3. The van der Waals surface area contributed by atoms with E-state index in [1.54, 1.807) is 6.07 Å². The van der Waals surface area contributed by atoms with Crippen molar-refractivity contribution in [2.75, 3.05) is 13.1 Å². The third kappa shape index (κ3) is 3.52. The number of nitriles is 1. The topological polar surface area (TPSA) is 53.0 Å². The number of piperidine rings is 1. The maximum Gasteiger partial charge on any atom is 0.127 e. The summed E-state index contributed by atoms with van der Waals surface area (Å²) in [6.45, 7) is 4.52. The van der Waals surface area contributed by atoms with Gasteiger partial charge in [-0.25, -0.2) is 4.39 Å². The number of nitrogens with zero attached hydrogens (tertiary/aromatic N) is 2. The molecule has 4 heteroatoms. The summed E-state index contributed by atoms with van der Waals surface area (Å²) in [5, 5.41) is 8.85. The number of likely N-dealkylation sites (tertiary alicyclic amines) is 1. The lowest BCUT2D eigenvalue weighted by molar-refractivity contribution is 0.164. The van der Waals surface area contributed by atoms with Crippen molar-refractivity contribution in [3.63, 3.8) is 0 Å². The normalized spacial score (nSPS) is 19.1. The number of rotatable bonds is 3. The largest absolute Gasteiger partial charge is 0.328 e. The molecule has 0 amide bonds. The fourth-order valence-corrected chi connectivity index (χ4v) is 2.64. The molecule has 1 aliphatic heterocycles. The molecule has 2 rings (SSSR count). The van der Waals surface area contributed by atoms with Crippen LogP contribution >= 0.6 is 0 Å². The smallest absolute Gasteiger partial charge is 0.127 e. The minimum atomic E-state index is -0.228. The third-order valence-electron chi connectivity index (χ3n) is 3.94. The molecule has 102 valence electrons. The van der Waals surface area contributed by atoms with Crippen LogP contribution in [0.1, 0.15) is 30.9 Å². The first-order valence-electron chi connectivity index (χ1n) is 6.76. The van der Waals surface area contributed by atoms with Crippen LogP contribution in [-0.4, -0.2) is 24.0 Å². The van der Waals surface area contributed by atoms with Crippen LogP contribution in [0.4, 0.5) is 4.39 Å². The van der Waals surface area contributed by atoms with Crippen LogP contribution in [0.5, 0.6) is 0 Å². The average Bonchev–Trinajstić information content (AvgIpc) is 2.42. The summed E-state index contributed by atoms with van der Waals surface area (Å²) in [6.07, 6.45) is 2.13. The van der Waals surface area contributed by atoms with Gasteiger partial charge in [-0.3, -0.25) is 4.90 Å².